The van der Waals surface area contributed by atoms with Crippen LogP contribution in [0.1, 0.15) is 22.4 Å². The molecule has 2 heterocycles. The molecule has 6 rings (SSSR count). The summed E-state index contributed by atoms with van der Waals surface area (Å²) in [4.78, 5) is 7.63. The zero-order valence-electron chi connectivity index (χ0n) is 17.5. The van der Waals surface area contributed by atoms with Gasteiger partial charge in [0.15, 0.2) is 5.75 Å². The maximum Gasteiger partial charge on any atom is 0.153 e. The summed E-state index contributed by atoms with van der Waals surface area (Å²) in [5, 5.41) is 1.21. The number of aryl methyl sites for hydroxylation is 1. The predicted molar refractivity (Wildman–Crippen MR) is 129 cm³/mol. The second-order valence-electron chi connectivity index (χ2n) is 8.37. The zero-order chi connectivity index (χ0) is 20.1. The van der Waals surface area contributed by atoms with Crippen molar-refractivity contribution >= 4 is 29.0 Å². The Morgan fingerprint density at radius 2 is 1.58 bits per heavy atom. The van der Waals surface area contributed by atoms with E-state index in [0.717, 1.165) is 48.5 Å². The first kappa shape index (κ1) is 19.9. The first-order valence-electron chi connectivity index (χ1n) is 10.8. The van der Waals surface area contributed by atoms with Gasteiger partial charge in [-0.2, -0.15) is 0 Å². The highest BCUT2D eigenvalue weighted by molar-refractivity contribution is 5.98. The van der Waals surface area contributed by atoms with Crippen LogP contribution in [0.4, 0.5) is 5.69 Å². The highest BCUT2D eigenvalue weighted by Crippen LogP contribution is 2.43. The van der Waals surface area contributed by atoms with Gasteiger partial charge in [-0.25, -0.2) is 4.98 Å². The molecule has 4 heteroatoms. The first-order valence-corrected chi connectivity index (χ1v) is 10.8. The molecule has 0 saturated heterocycles. The molecule has 0 fully saturated rings. The van der Waals surface area contributed by atoms with Gasteiger partial charge in [-0.1, -0.05) is 54.6 Å². The summed E-state index contributed by atoms with van der Waals surface area (Å²) in [5.41, 5.74) is 7.85. The molecule has 0 bridgehead atoms. The normalized spacial score (nSPS) is 14.9. The topological polar surface area (TPSA) is 25.4 Å². The van der Waals surface area contributed by atoms with E-state index in [9.17, 15) is 0 Å². The summed E-state index contributed by atoms with van der Waals surface area (Å²) in [6.45, 7) is 3.21. The van der Waals surface area contributed by atoms with E-state index in [1.165, 1.54) is 27.8 Å². The van der Waals surface area contributed by atoms with Gasteiger partial charge in [-0.05, 0) is 61.1 Å². The van der Waals surface area contributed by atoms with Crippen LogP contribution in [-0.2, 0) is 19.3 Å². The van der Waals surface area contributed by atoms with Gasteiger partial charge in [0.25, 0.3) is 0 Å². The zero-order valence-corrected chi connectivity index (χ0v) is 18.4. The van der Waals surface area contributed by atoms with Gasteiger partial charge in [0, 0.05) is 23.7 Å². The van der Waals surface area contributed by atoms with Crippen molar-refractivity contribution in [1.29, 1.82) is 0 Å². The highest BCUT2D eigenvalue weighted by atomic mass is 35.5. The van der Waals surface area contributed by atoms with Crippen LogP contribution in [0.5, 0.6) is 11.5 Å². The van der Waals surface area contributed by atoms with Crippen LogP contribution in [0.2, 0.25) is 0 Å². The van der Waals surface area contributed by atoms with Gasteiger partial charge in [0.2, 0.25) is 0 Å². The molecule has 156 valence electrons. The largest absolute Gasteiger partial charge is 0.455 e. The number of aromatic nitrogens is 1. The maximum atomic E-state index is 6.24. The molecule has 1 aromatic heterocycles. The average molecular weight is 429 g/mol. The van der Waals surface area contributed by atoms with E-state index in [2.05, 4.69) is 48.2 Å². The van der Waals surface area contributed by atoms with Crippen LogP contribution in [0.3, 0.4) is 0 Å². The van der Waals surface area contributed by atoms with Crippen LogP contribution >= 0.6 is 12.4 Å². The Labute approximate surface area is 189 Å². The molecule has 1 aliphatic heterocycles. The summed E-state index contributed by atoms with van der Waals surface area (Å²) in [5.74, 6) is 1.67. The van der Waals surface area contributed by atoms with E-state index >= 15 is 0 Å². The summed E-state index contributed by atoms with van der Waals surface area (Å²) >= 11 is 0. The number of rotatable bonds is 3. The summed E-state index contributed by atoms with van der Waals surface area (Å²) in [6, 6.07) is 25.7. The molecule has 0 unspecified atom stereocenters. The molecule has 0 saturated carbocycles. The third-order valence-electron chi connectivity index (χ3n) is 6.59. The molecule has 0 N–H and O–H groups in total. The number of hydrogen-bond donors (Lipinski definition) is 0. The Balaban J connectivity index is 0.00000204. The lowest BCUT2D eigenvalue weighted by atomic mass is 10.0. The van der Waals surface area contributed by atoms with Gasteiger partial charge in [0.05, 0.1) is 5.69 Å². The number of pyridine rings is 1. The van der Waals surface area contributed by atoms with Crippen molar-refractivity contribution in [2.45, 2.75) is 32.2 Å². The third kappa shape index (κ3) is 3.34. The molecule has 3 aromatic carbocycles. The smallest absolute Gasteiger partial charge is 0.153 e. The van der Waals surface area contributed by atoms with Gasteiger partial charge in [-0.3, -0.25) is 0 Å². The Morgan fingerprint density at radius 3 is 2.32 bits per heavy atom. The number of benzene rings is 3. The molecule has 3 nitrogen and oxygen atoms in total. The number of ether oxygens (including phenoxy) is 1. The van der Waals surface area contributed by atoms with E-state index in [-0.39, 0.29) is 12.4 Å². The number of para-hydroxylation sites is 2. The monoisotopic (exact) mass is 428 g/mol. The number of hydrogen-bond acceptors (Lipinski definition) is 3. The fourth-order valence-corrected chi connectivity index (χ4v) is 5.19. The molecule has 0 spiro atoms. The van der Waals surface area contributed by atoms with Gasteiger partial charge >= 0.3 is 0 Å². The lowest BCUT2D eigenvalue weighted by Crippen LogP contribution is -2.34. The Kier molecular flexibility index (Phi) is 5.07. The van der Waals surface area contributed by atoms with Crippen molar-refractivity contribution in [2.75, 3.05) is 11.4 Å². The van der Waals surface area contributed by atoms with Crippen LogP contribution in [0.15, 0.2) is 72.8 Å². The van der Waals surface area contributed by atoms with E-state index < -0.39 is 0 Å². The van der Waals surface area contributed by atoms with E-state index in [1.54, 1.807) is 0 Å². The van der Waals surface area contributed by atoms with Crippen LogP contribution in [0.25, 0.3) is 10.9 Å². The molecular formula is C27H25ClN2O. The van der Waals surface area contributed by atoms with E-state index in [0.29, 0.717) is 6.04 Å². The van der Waals surface area contributed by atoms with E-state index in [4.69, 9.17) is 9.72 Å². The summed E-state index contributed by atoms with van der Waals surface area (Å²) in [7, 11) is 0. The van der Waals surface area contributed by atoms with Gasteiger partial charge < -0.3 is 9.64 Å². The lowest BCUT2D eigenvalue weighted by molar-refractivity contribution is 0.487. The second kappa shape index (κ2) is 7.90. The molecule has 2 aliphatic rings. The van der Waals surface area contributed by atoms with E-state index in [1.807, 2.05) is 36.4 Å². The lowest BCUT2D eigenvalue weighted by Gasteiger charge is -2.28. The summed E-state index contributed by atoms with van der Waals surface area (Å²) < 4.78 is 6.24. The average Bonchev–Trinajstić information content (AvgIpc) is 3.40. The van der Waals surface area contributed by atoms with Crippen molar-refractivity contribution in [1.82, 2.24) is 4.98 Å². The van der Waals surface area contributed by atoms with Crippen molar-refractivity contribution in [2.24, 2.45) is 0 Å². The second-order valence-corrected chi connectivity index (χ2v) is 8.37. The molecule has 4 aromatic rings. The van der Waals surface area contributed by atoms with Crippen molar-refractivity contribution in [3.63, 3.8) is 0 Å². The number of fused-ring (bicyclic) bond motifs is 4. The first-order chi connectivity index (χ1) is 14.8. The van der Waals surface area contributed by atoms with Crippen LogP contribution in [0, 0.1) is 6.92 Å². The number of halogens is 1. The quantitative estimate of drug-likeness (QED) is 0.383. The highest BCUT2D eigenvalue weighted by Gasteiger charge is 2.33. The minimum absolute atomic E-state index is 0. The van der Waals surface area contributed by atoms with Gasteiger partial charge in [-0.15, -0.1) is 12.4 Å². The van der Waals surface area contributed by atoms with Crippen molar-refractivity contribution in [3.8, 4) is 11.5 Å². The Bertz CT molecular complexity index is 1230. The molecule has 1 aliphatic carbocycles. The molecule has 0 atom stereocenters. The standard InChI is InChI=1S/C27H24N2O.ClH/c1-18-23-14-15-29(21-16-19-8-5-6-9-20(19)17-21)27(23)24-12-7-13-25(26(24)28-18)30-22-10-3-2-4-11-22;/h2-13,21H,14-17H2,1H3;1H. The molecular weight excluding hydrogens is 404 g/mol. The molecule has 0 amide bonds. The minimum Gasteiger partial charge on any atom is -0.455 e. The minimum atomic E-state index is 0. The van der Waals surface area contributed by atoms with Gasteiger partial charge in [0.1, 0.15) is 11.3 Å². The predicted octanol–water partition coefficient (Wildman–Crippen LogP) is 6.29. The van der Waals surface area contributed by atoms with Crippen molar-refractivity contribution in [3.05, 3.63) is 95.2 Å². The third-order valence-corrected chi connectivity index (χ3v) is 6.59. The Hall–Kier alpha value is -3.04. The Morgan fingerprint density at radius 1 is 0.871 bits per heavy atom. The molecule has 31 heavy (non-hydrogen) atoms. The summed E-state index contributed by atoms with van der Waals surface area (Å²) in [6.07, 6.45) is 3.32. The maximum absolute atomic E-state index is 6.24. The SMILES string of the molecule is Cc1nc2c(Oc3ccccc3)cccc2c2c1CCN2C1Cc2ccccc2C1.Cl. The van der Waals surface area contributed by atoms with Crippen molar-refractivity contribution < 1.29 is 4.74 Å². The van der Waals surface area contributed by atoms with Crippen LogP contribution < -0.4 is 9.64 Å². The number of nitrogens with zero attached hydrogens (tertiary/aromatic N) is 2. The van der Waals surface area contributed by atoms with Crippen LogP contribution in [-0.4, -0.2) is 17.6 Å². The molecule has 0 radical (unpaired) electrons. The number of anilines is 1. The fourth-order valence-electron chi connectivity index (χ4n) is 5.19. The fraction of sp³-hybridized carbons (Fsp3) is 0.222.